The minimum atomic E-state index is -3.28. The quantitative estimate of drug-likeness (QED) is 0.835. The first-order valence-electron chi connectivity index (χ1n) is 5.94. The van der Waals surface area contributed by atoms with Crippen LogP contribution in [0, 0.1) is 11.8 Å². The molecule has 5 heteroatoms. The van der Waals surface area contributed by atoms with Crippen molar-refractivity contribution in [3.63, 3.8) is 0 Å². The third-order valence-corrected chi connectivity index (χ3v) is 5.58. The van der Waals surface area contributed by atoms with E-state index in [-0.39, 0.29) is 0 Å². The summed E-state index contributed by atoms with van der Waals surface area (Å²) in [6.07, 6.45) is 0. The standard InChI is InChI=1S/C12H16N2O2S/c15-17(16,12-4-2-1-3-5-12)14-8-10-6-13-7-11(10)9-14/h1-5,10-11,13H,6-9H2/t10-,11?/m0/s1. The first-order chi connectivity index (χ1) is 8.18. The Balaban J connectivity index is 1.86. The molecule has 2 fully saturated rings. The number of nitrogens with one attached hydrogen (secondary N) is 1. The van der Waals surface area contributed by atoms with Crippen molar-refractivity contribution in [3.05, 3.63) is 30.3 Å². The zero-order valence-corrected chi connectivity index (χ0v) is 10.4. The van der Waals surface area contributed by atoms with Gasteiger partial charge in [0.15, 0.2) is 0 Å². The van der Waals surface area contributed by atoms with E-state index in [0.29, 0.717) is 29.8 Å². The molecule has 2 aliphatic heterocycles. The lowest BCUT2D eigenvalue weighted by Crippen LogP contribution is -2.31. The Bertz CT molecular complexity index is 488. The summed E-state index contributed by atoms with van der Waals surface area (Å²) in [6, 6.07) is 8.71. The predicted octanol–water partition coefficient (Wildman–Crippen LogP) is 0.526. The SMILES string of the molecule is O=S(=O)(c1ccccc1)N1CC2CNC[C@H]2C1. The van der Waals surface area contributed by atoms with Crippen LogP contribution < -0.4 is 5.32 Å². The van der Waals surface area contributed by atoms with E-state index in [1.54, 1.807) is 28.6 Å². The van der Waals surface area contributed by atoms with Gasteiger partial charge >= 0.3 is 0 Å². The number of sulfonamides is 1. The van der Waals surface area contributed by atoms with E-state index >= 15 is 0 Å². The molecule has 2 heterocycles. The second-order valence-electron chi connectivity index (χ2n) is 4.81. The van der Waals surface area contributed by atoms with Crippen LogP contribution in [0.2, 0.25) is 0 Å². The fraction of sp³-hybridized carbons (Fsp3) is 0.500. The van der Waals surface area contributed by atoms with Gasteiger partial charge in [-0.15, -0.1) is 0 Å². The molecule has 0 bridgehead atoms. The molecule has 2 saturated heterocycles. The van der Waals surface area contributed by atoms with Crippen molar-refractivity contribution in [2.75, 3.05) is 26.2 Å². The van der Waals surface area contributed by atoms with Gasteiger partial charge < -0.3 is 5.32 Å². The molecule has 1 N–H and O–H groups in total. The second kappa shape index (κ2) is 4.08. The highest BCUT2D eigenvalue weighted by molar-refractivity contribution is 7.89. The van der Waals surface area contributed by atoms with Crippen molar-refractivity contribution in [1.82, 2.24) is 9.62 Å². The number of nitrogens with zero attached hydrogens (tertiary/aromatic N) is 1. The topological polar surface area (TPSA) is 49.4 Å². The van der Waals surface area contributed by atoms with Gasteiger partial charge in [-0.05, 0) is 37.1 Å². The summed E-state index contributed by atoms with van der Waals surface area (Å²) in [5.74, 6) is 0.988. The van der Waals surface area contributed by atoms with Gasteiger partial charge in [0.1, 0.15) is 0 Å². The van der Waals surface area contributed by atoms with E-state index in [1.165, 1.54) is 0 Å². The molecule has 4 nitrogen and oxygen atoms in total. The Morgan fingerprint density at radius 3 is 2.24 bits per heavy atom. The molecule has 17 heavy (non-hydrogen) atoms. The summed E-state index contributed by atoms with van der Waals surface area (Å²) < 4.78 is 26.4. The fourth-order valence-corrected chi connectivity index (χ4v) is 4.32. The Kier molecular flexibility index (Phi) is 2.69. The van der Waals surface area contributed by atoms with Gasteiger partial charge in [-0.25, -0.2) is 8.42 Å². The molecule has 1 aromatic carbocycles. The lowest BCUT2D eigenvalue weighted by atomic mass is 10.0. The summed E-state index contributed by atoms with van der Waals surface area (Å²) in [6.45, 7) is 3.22. The molecule has 1 unspecified atom stereocenters. The van der Waals surface area contributed by atoms with Crippen LogP contribution >= 0.6 is 0 Å². The van der Waals surface area contributed by atoms with Crippen LogP contribution in [0.4, 0.5) is 0 Å². The van der Waals surface area contributed by atoms with Crippen LogP contribution in [0.3, 0.4) is 0 Å². The smallest absolute Gasteiger partial charge is 0.243 e. The third-order valence-electron chi connectivity index (χ3n) is 3.74. The average molecular weight is 252 g/mol. The lowest BCUT2D eigenvalue weighted by molar-refractivity contribution is 0.448. The predicted molar refractivity (Wildman–Crippen MR) is 65.1 cm³/mol. The van der Waals surface area contributed by atoms with E-state index in [0.717, 1.165) is 13.1 Å². The summed E-state index contributed by atoms with van der Waals surface area (Å²) in [5.41, 5.74) is 0. The Labute approximate surface area is 102 Å². The zero-order chi connectivity index (χ0) is 11.9. The highest BCUT2D eigenvalue weighted by Crippen LogP contribution is 2.30. The maximum atomic E-state index is 12.4. The summed E-state index contributed by atoms with van der Waals surface area (Å²) >= 11 is 0. The van der Waals surface area contributed by atoms with E-state index in [2.05, 4.69) is 5.32 Å². The van der Waals surface area contributed by atoms with Gasteiger partial charge in [-0.2, -0.15) is 4.31 Å². The summed E-state index contributed by atoms with van der Waals surface area (Å²) in [5, 5.41) is 3.31. The molecular weight excluding hydrogens is 236 g/mol. The van der Waals surface area contributed by atoms with Crippen LogP contribution in [-0.4, -0.2) is 38.9 Å². The minimum Gasteiger partial charge on any atom is -0.316 e. The molecule has 0 radical (unpaired) electrons. The van der Waals surface area contributed by atoms with Crippen LogP contribution in [0.1, 0.15) is 0 Å². The Hall–Kier alpha value is -0.910. The molecule has 0 spiro atoms. The highest BCUT2D eigenvalue weighted by Gasteiger charge is 2.41. The van der Waals surface area contributed by atoms with E-state index in [9.17, 15) is 8.42 Å². The Morgan fingerprint density at radius 2 is 1.65 bits per heavy atom. The monoisotopic (exact) mass is 252 g/mol. The van der Waals surface area contributed by atoms with Gasteiger partial charge in [-0.1, -0.05) is 18.2 Å². The van der Waals surface area contributed by atoms with E-state index in [4.69, 9.17) is 0 Å². The minimum absolute atomic E-state index is 0.410. The maximum absolute atomic E-state index is 12.4. The van der Waals surface area contributed by atoms with Crippen molar-refractivity contribution in [2.24, 2.45) is 11.8 Å². The van der Waals surface area contributed by atoms with Crippen LogP contribution in [0.5, 0.6) is 0 Å². The number of rotatable bonds is 2. The van der Waals surface area contributed by atoms with Gasteiger partial charge in [0.05, 0.1) is 4.90 Å². The van der Waals surface area contributed by atoms with Crippen molar-refractivity contribution in [3.8, 4) is 0 Å². The normalized spacial score (nSPS) is 29.4. The highest BCUT2D eigenvalue weighted by atomic mass is 32.2. The third kappa shape index (κ3) is 1.88. The lowest BCUT2D eigenvalue weighted by Gasteiger charge is -2.17. The van der Waals surface area contributed by atoms with E-state index in [1.807, 2.05) is 6.07 Å². The van der Waals surface area contributed by atoms with Crippen molar-refractivity contribution < 1.29 is 8.42 Å². The first kappa shape index (κ1) is 11.2. The molecule has 0 aromatic heterocycles. The molecule has 92 valence electrons. The molecule has 2 aliphatic rings. The zero-order valence-electron chi connectivity index (χ0n) is 9.54. The fourth-order valence-electron chi connectivity index (χ4n) is 2.75. The number of fused-ring (bicyclic) bond motifs is 1. The second-order valence-corrected chi connectivity index (χ2v) is 6.75. The number of hydrogen-bond acceptors (Lipinski definition) is 3. The van der Waals surface area contributed by atoms with Crippen LogP contribution in [0.25, 0.3) is 0 Å². The summed E-state index contributed by atoms with van der Waals surface area (Å²) in [4.78, 5) is 0.410. The average Bonchev–Trinajstić information content (AvgIpc) is 2.90. The first-order valence-corrected chi connectivity index (χ1v) is 7.38. The van der Waals surface area contributed by atoms with Crippen molar-refractivity contribution in [1.29, 1.82) is 0 Å². The van der Waals surface area contributed by atoms with Gasteiger partial charge in [-0.3, -0.25) is 0 Å². The van der Waals surface area contributed by atoms with Gasteiger partial charge in [0.2, 0.25) is 10.0 Å². The summed E-state index contributed by atoms with van der Waals surface area (Å²) in [7, 11) is -3.28. The molecule has 0 aliphatic carbocycles. The van der Waals surface area contributed by atoms with Gasteiger partial charge in [0.25, 0.3) is 0 Å². The van der Waals surface area contributed by atoms with Gasteiger partial charge in [0, 0.05) is 13.1 Å². The molecule has 3 rings (SSSR count). The van der Waals surface area contributed by atoms with E-state index < -0.39 is 10.0 Å². The molecule has 0 amide bonds. The molecule has 2 atom stereocenters. The Morgan fingerprint density at radius 1 is 1.06 bits per heavy atom. The largest absolute Gasteiger partial charge is 0.316 e. The number of hydrogen-bond donors (Lipinski definition) is 1. The molecular formula is C12H16N2O2S. The molecule has 1 aromatic rings. The van der Waals surface area contributed by atoms with Crippen molar-refractivity contribution >= 4 is 10.0 Å². The number of benzene rings is 1. The molecule has 0 saturated carbocycles. The maximum Gasteiger partial charge on any atom is 0.243 e. The van der Waals surface area contributed by atoms with Crippen LogP contribution in [-0.2, 0) is 10.0 Å². The van der Waals surface area contributed by atoms with Crippen LogP contribution in [0.15, 0.2) is 35.2 Å². The van der Waals surface area contributed by atoms with Crippen molar-refractivity contribution in [2.45, 2.75) is 4.90 Å².